The molecule has 1 aromatic carbocycles. The molecule has 0 spiro atoms. The van der Waals surface area contributed by atoms with E-state index in [1.165, 1.54) is 0 Å². The molecule has 1 heterocycles. The van der Waals surface area contributed by atoms with Gasteiger partial charge < -0.3 is 14.6 Å². The minimum Gasteiger partial charge on any atom is -0.497 e. The van der Waals surface area contributed by atoms with Gasteiger partial charge in [-0.05, 0) is 17.7 Å². The summed E-state index contributed by atoms with van der Waals surface area (Å²) in [4.78, 5) is 0. The molecule has 0 saturated heterocycles. The Morgan fingerprint density at radius 3 is 2.48 bits per heavy atom. The van der Waals surface area contributed by atoms with Crippen LogP contribution in [-0.4, -0.2) is 39.9 Å². The van der Waals surface area contributed by atoms with E-state index in [9.17, 15) is 5.11 Å². The first kappa shape index (κ1) is 17.4. The molecule has 0 aliphatic heterocycles. The van der Waals surface area contributed by atoms with Gasteiger partial charge >= 0.3 is 0 Å². The van der Waals surface area contributed by atoms with Crippen LogP contribution in [0.3, 0.4) is 0 Å². The lowest BCUT2D eigenvalue weighted by molar-refractivity contribution is 0.0184. The molecule has 0 amide bonds. The van der Waals surface area contributed by atoms with E-state index in [-0.39, 0.29) is 12.0 Å². The fourth-order valence-corrected chi connectivity index (χ4v) is 2.03. The first-order valence-corrected chi connectivity index (χ1v) is 7.68. The van der Waals surface area contributed by atoms with Gasteiger partial charge in [0.1, 0.15) is 5.75 Å². The molecule has 2 rings (SSSR count). The van der Waals surface area contributed by atoms with Crippen LogP contribution in [0.1, 0.15) is 32.0 Å². The average Bonchev–Trinajstić information content (AvgIpc) is 2.96. The van der Waals surface area contributed by atoms with Crippen molar-refractivity contribution in [1.82, 2.24) is 15.0 Å². The van der Waals surface area contributed by atoms with Gasteiger partial charge in [-0.2, -0.15) is 0 Å². The minimum atomic E-state index is -0.622. The first-order valence-electron chi connectivity index (χ1n) is 7.68. The van der Waals surface area contributed by atoms with Crippen LogP contribution in [0.5, 0.6) is 5.75 Å². The molecular weight excluding hydrogens is 294 g/mol. The van der Waals surface area contributed by atoms with Gasteiger partial charge in [0.25, 0.3) is 0 Å². The molecule has 0 radical (unpaired) electrons. The standard InChI is InChI=1S/C17H25N3O3/c1-17(2,3)16-10-20(19-18-16)9-14(21)12-23-11-13-5-7-15(22-4)8-6-13/h5-8,10,14,21H,9,11-12H2,1-4H3. The van der Waals surface area contributed by atoms with E-state index < -0.39 is 6.10 Å². The SMILES string of the molecule is COc1ccc(COCC(O)Cn2cc(C(C)(C)C)nn2)cc1. The van der Waals surface area contributed by atoms with E-state index in [1.807, 2.05) is 30.5 Å². The number of ether oxygens (including phenoxy) is 2. The van der Waals surface area contributed by atoms with Crippen molar-refractivity contribution in [3.8, 4) is 5.75 Å². The van der Waals surface area contributed by atoms with Crippen molar-refractivity contribution in [3.05, 3.63) is 41.7 Å². The van der Waals surface area contributed by atoms with Crippen LogP contribution in [0.4, 0.5) is 0 Å². The lowest BCUT2D eigenvalue weighted by Gasteiger charge is -2.13. The molecule has 2 aromatic rings. The number of methoxy groups -OCH3 is 1. The maximum atomic E-state index is 10.0. The zero-order chi connectivity index (χ0) is 16.9. The van der Waals surface area contributed by atoms with E-state index in [4.69, 9.17) is 9.47 Å². The molecule has 126 valence electrons. The van der Waals surface area contributed by atoms with Gasteiger partial charge in [-0.3, -0.25) is 0 Å². The molecule has 1 atom stereocenters. The van der Waals surface area contributed by atoms with Gasteiger partial charge in [0.15, 0.2) is 0 Å². The van der Waals surface area contributed by atoms with Crippen molar-refractivity contribution in [3.63, 3.8) is 0 Å². The van der Waals surface area contributed by atoms with Gasteiger partial charge in [0, 0.05) is 11.6 Å². The maximum absolute atomic E-state index is 10.0. The van der Waals surface area contributed by atoms with E-state index in [1.54, 1.807) is 11.8 Å². The summed E-state index contributed by atoms with van der Waals surface area (Å²) in [7, 11) is 1.64. The van der Waals surface area contributed by atoms with Gasteiger partial charge in [-0.25, -0.2) is 4.68 Å². The zero-order valence-electron chi connectivity index (χ0n) is 14.2. The molecule has 0 fully saturated rings. The third-order valence-corrected chi connectivity index (χ3v) is 3.44. The highest BCUT2D eigenvalue weighted by molar-refractivity contribution is 5.26. The summed E-state index contributed by atoms with van der Waals surface area (Å²) in [5, 5.41) is 18.2. The predicted molar refractivity (Wildman–Crippen MR) is 87.4 cm³/mol. The third kappa shape index (κ3) is 5.33. The molecule has 1 N–H and O–H groups in total. The fourth-order valence-electron chi connectivity index (χ4n) is 2.03. The van der Waals surface area contributed by atoms with Crippen molar-refractivity contribution < 1.29 is 14.6 Å². The van der Waals surface area contributed by atoms with E-state index in [0.717, 1.165) is 17.0 Å². The molecule has 1 unspecified atom stereocenters. The van der Waals surface area contributed by atoms with E-state index in [0.29, 0.717) is 13.2 Å². The Morgan fingerprint density at radius 2 is 1.91 bits per heavy atom. The summed E-state index contributed by atoms with van der Waals surface area (Å²) in [6.07, 6.45) is 1.25. The lowest BCUT2D eigenvalue weighted by Crippen LogP contribution is -2.22. The van der Waals surface area contributed by atoms with Crippen LogP contribution in [0, 0.1) is 0 Å². The van der Waals surface area contributed by atoms with Crippen LogP contribution in [0.25, 0.3) is 0 Å². The Balaban J connectivity index is 1.76. The summed E-state index contributed by atoms with van der Waals surface area (Å²) >= 11 is 0. The minimum absolute atomic E-state index is 0.0476. The number of hydrogen-bond acceptors (Lipinski definition) is 5. The number of hydrogen-bond donors (Lipinski definition) is 1. The summed E-state index contributed by atoms with van der Waals surface area (Å²) in [6.45, 7) is 7.30. The quantitative estimate of drug-likeness (QED) is 0.847. The molecule has 6 heteroatoms. The number of nitrogens with zero attached hydrogens (tertiary/aromatic N) is 3. The summed E-state index contributed by atoms with van der Waals surface area (Å²) in [5.74, 6) is 0.814. The van der Waals surface area contributed by atoms with Crippen molar-refractivity contribution in [2.45, 2.75) is 45.4 Å². The number of benzene rings is 1. The highest BCUT2D eigenvalue weighted by Crippen LogP contribution is 2.18. The molecule has 23 heavy (non-hydrogen) atoms. The second-order valence-electron chi connectivity index (χ2n) is 6.59. The Kier molecular flexibility index (Phi) is 5.74. The van der Waals surface area contributed by atoms with Gasteiger partial charge in [0.2, 0.25) is 0 Å². The Morgan fingerprint density at radius 1 is 1.22 bits per heavy atom. The molecular formula is C17H25N3O3. The van der Waals surface area contributed by atoms with Gasteiger partial charge in [-0.15, -0.1) is 5.10 Å². The zero-order valence-corrected chi connectivity index (χ0v) is 14.2. The van der Waals surface area contributed by atoms with Gasteiger partial charge in [0.05, 0.1) is 38.7 Å². The van der Waals surface area contributed by atoms with E-state index >= 15 is 0 Å². The summed E-state index contributed by atoms with van der Waals surface area (Å²) in [5.41, 5.74) is 1.89. The molecule has 0 saturated carbocycles. The van der Waals surface area contributed by atoms with Crippen molar-refractivity contribution in [2.75, 3.05) is 13.7 Å². The highest BCUT2D eigenvalue weighted by Gasteiger charge is 2.18. The van der Waals surface area contributed by atoms with Crippen LogP contribution in [-0.2, 0) is 23.3 Å². The molecule has 0 aliphatic rings. The van der Waals surface area contributed by atoms with Gasteiger partial charge in [-0.1, -0.05) is 38.1 Å². The molecule has 6 nitrogen and oxygen atoms in total. The lowest BCUT2D eigenvalue weighted by atomic mass is 9.93. The van der Waals surface area contributed by atoms with Crippen LogP contribution < -0.4 is 4.74 Å². The smallest absolute Gasteiger partial charge is 0.118 e. The second kappa shape index (κ2) is 7.57. The van der Waals surface area contributed by atoms with Crippen molar-refractivity contribution in [2.24, 2.45) is 0 Å². The molecule has 1 aromatic heterocycles. The third-order valence-electron chi connectivity index (χ3n) is 3.44. The number of rotatable bonds is 7. The predicted octanol–water partition coefficient (Wildman–Crippen LogP) is 2.16. The first-order chi connectivity index (χ1) is 10.9. The fraction of sp³-hybridized carbons (Fsp3) is 0.529. The number of aromatic nitrogens is 3. The largest absolute Gasteiger partial charge is 0.497 e. The van der Waals surface area contributed by atoms with Crippen LogP contribution >= 0.6 is 0 Å². The Hall–Kier alpha value is -1.92. The maximum Gasteiger partial charge on any atom is 0.118 e. The van der Waals surface area contributed by atoms with Crippen molar-refractivity contribution >= 4 is 0 Å². The number of aliphatic hydroxyl groups excluding tert-OH is 1. The van der Waals surface area contributed by atoms with E-state index in [2.05, 4.69) is 31.1 Å². The monoisotopic (exact) mass is 319 g/mol. The normalized spacial score (nSPS) is 13.1. The van der Waals surface area contributed by atoms with Crippen molar-refractivity contribution in [1.29, 1.82) is 0 Å². The molecule has 0 bridgehead atoms. The second-order valence-corrected chi connectivity index (χ2v) is 6.59. The number of aliphatic hydroxyl groups is 1. The molecule has 0 aliphatic carbocycles. The topological polar surface area (TPSA) is 69.4 Å². The van der Waals surface area contributed by atoms with Crippen LogP contribution in [0.2, 0.25) is 0 Å². The Labute approximate surface area is 137 Å². The average molecular weight is 319 g/mol. The summed E-state index contributed by atoms with van der Waals surface area (Å²) in [6, 6.07) is 7.66. The summed E-state index contributed by atoms with van der Waals surface area (Å²) < 4.78 is 12.3. The Bertz CT molecular complexity index is 602. The van der Waals surface area contributed by atoms with Crippen LogP contribution in [0.15, 0.2) is 30.5 Å². The highest BCUT2D eigenvalue weighted by atomic mass is 16.5.